The molecule has 0 aliphatic heterocycles. The van der Waals surface area contributed by atoms with Crippen molar-refractivity contribution in [3.8, 4) is 22.8 Å². The fourth-order valence-electron chi connectivity index (χ4n) is 2.99. The lowest BCUT2D eigenvalue weighted by Gasteiger charge is -2.12. The first-order chi connectivity index (χ1) is 13.4. The Morgan fingerprint density at radius 3 is 2.46 bits per heavy atom. The maximum absolute atomic E-state index is 11.4. The number of hydrogen-bond donors (Lipinski definition) is 3. The third-order valence-electron chi connectivity index (χ3n) is 4.42. The molecule has 0 saturated heterocycles. The van der Waals surface area contributed by atoms with E-state index in [9.17, 15) is 4.79 Å². The van der Waals surface area contributed by atoms with Gasteiger partial charge in [-0.05, 0) is 49.7 Å². The van der Waals surface area contributed by atoms with E-state index in [0.717, 1.165) is 28.1 Å². The van der Waals surface area contributed by atoms with Gasteiger partial charge in [0.15, 0.2) is 0 Å². The zero-order valence-corrected chi connectivity index (χ0v) is 16.0. The van der Waals surface area contributed by atoms with Crippen LogP contribution in [0.15, 0.2) is 54.7 Å². The fourth-order valence-corrected chi connectivity index (χ4v) is 2.99. The molecule has 0 atom stereocenters. The van der Waals surface area contributed by atoms with Crippen molar-refractivity contribution in [3.63, 3.8) is 0 Å². The topological polar surface area (TPSA) is 101 Å². The van der Waals surface area contributed by atoms with E-state index in [-0.39, 0.29) is 1.43 Å². The second-order valence-corrected chi connectivity index (χ2v) is 6.46. The molecule has 1 heterocycles. The number of ether oxygens (including phenoxy) is 1. The molecule has 28 heavy (non-hydrogen) atoms. The Hall–Kier alpha value is -3.67. The molecule has 0 fully saturated rings. The van der Waals surface area contributed by atoms with Crippen LogP contribution in [-0.4, -0.2) is 23.7 Å². The van der Waals surface area contributed by atoms with Gasteiger partial charge in [-0.15, -0.1) is 0 Å². The van der Waals surface area contributed by atoms with Gasteiger partial charge in [-0.1, -0.05) is 6.07 Å². The van der Waals surface area contributed by atoms with Crippen LogP contribution >= 0.6 is 0 Å². The monoisotopic (exact) mass is 376 g/mol. The molecule has 0 radical (unpaired) electrons. The third kappa shape index (κ3) is 4.01. The molecular weight excluding hydrogens is 352 g/mol. The van der Waals surface area contributed by atoms with Gasteiger partial charge < -0.3 is 21.2 Å². The van der Waals surface area contributed by atoms with Gasteiger partial charge in [-0.2, -0.15) is 0 Å². The van der Waals surface area contributed by atoms with Crippen molar-refractivity contribution in [1.82, 2.24) is 4.98 Å². The molecule has 6 heteroatoms. The number of carbonyl (C=O) groups excluding carboxylic acids is 1. The molecule has 1 amide bonds. The minimum Gasteiger partial charge on any atom is -0.457 e. The molecule has 1 aromatic heterocycles. The summed E-state index contributed by atoms with van der Waals surface area (Å²) in [7, 11) is 1.81. The molecule has 0 unspecified atom stereocenters. The molecule has 2 aromatic carbocycles. The Labute approximate surface area is 165 Å². The van der Waals surface area contributed by atoms with Crippen LogP contribution in [0, 0.1) is 12.3 Å². The first kappa shape index (κ1) is 19.1. The molecule has 6 nitrogen and oxygen atoms in total. The minimum absolute atomic E-state index is 0. The zero-order chi connectivity index (χ0) is 20.3. The van der Waals surface area contributed by atoms with E-state index in [1.807, 2.05) is 50.4 Å². The molecule has 3 aromatic rings. The van der Waals surface area contributed by atoms with Crippen molar-refractivity contribution in [2.45, 2.75) is 13.8 Å². The Balaban J connectivity index is 0.00000300. The number of amides is 1. The lowest BCUT2D eigenvalue weighted by atomic mass is 10.0. The summed E-state index contributed by atoms with van der Waals surface area (Å²) in [6.45, 7) is 3.59. The van der Waals surface area contributed by atoms with Crippen molar-refractivity contribution in [2.24, 2.45) is 5.73 Å². The lowest BCUT2D eigenvalue weighted by Crippen LogP contribution is -2.12. The average molecular weight is 376 g/mol. The van der Waals surface area contributed by atoms with E-state index in [1.165, 1.54) is 0 Å². The number of anilines is 1. The van der Waals surface area contributed by atoms with Gasteiger partial charge in [0.1, 0.15) is 11.5 Å². The van der Waals surface area contributed by atoms with E-state index in [0.29, 0.717) is 22.8 Å². The molecule has 3 rings (SSSR count). The quantitative estimate of drug-likeness (QED) is 0.546. The van der Waals surface area contributed by atoms with Crippen LogP contribution in [0.1, 0.15) is 29.8 Å². The zero-order valence-electron chi connectivity index (χ0n) is 16.0. The first-order valence-electron chi connectivity index (χ1n) is 8.81. The normalized spacial score (nSPS) is 10.4. The molecule has 0 saturated carbocycles. The van der Waals surface area contributed by atoms with Crippen LogP contribution < -0.4 is 15.8 Å². The Kier molecular flexibility index (Phi) is 5.40. The van der Waals surface area contributed by atoms with Crippen molar-refractivity contribution in [1.29, 1.82) is 5.41 Å². The van der Waals surface area contributed by atoms with Gasteiger partial charge in [-0.25, -0.2) is 0 Å². The SMILES string of the molecule is CNc1cc(Oc2ccnc(-c3ccc(C(N)=O)c(C)c3)c2)ccc1C(C)=N.[HH]. The highest BCUT2D eigenvalue weighted by Gasteiger charge is 2.10. The maximum atomic E-state index is 11.4. The molecule has 0 spiro atoms. The van der Waals surface area contributed by atoms with Crippen molar-refractivity contribution in [2.75, 3.05) is 12.4 Å². The van der Waals surface area contributed by atoms with Crippen LogP contribution in [-0.2, 0) is 0 Å². The summed E-state index contributed by atoms with van der Waals surface area (Å²) in [5, 5.41) is 10.9. The summed E-state index contributed by atoms with van der Waals surface area (Å²) in [4.78, 5) is 15.8. The number of nitrogens with two attached hydrogens (primary N) is 1. The first-order valence-corrected chi connectivity index (χ1v) is 8.81. The summed E-state index contributed by atoms with van der Waals surface area (Å²) in [5.74, 6) is 0.854. The largest absolute Gasteiger partial charge is 0.457 e. The highest BCUT2D eigenvalue weighted by atomic mass is 16.5. The van der Waals surface area contributed by atoms with Gasteiger partial charge in [0, 0.05) is 54.9 Å². The van der Waals surface area contributed by atoms with E-state index in [1.54, 1.807) is 25.3 Å². The predicted octanol–water partition coefficient (Wildman–Crippen LogP) is 4.62. The number of nitrogens with zero attached hydrogens (tertiary/aromatic N) is 1. The molecule has 0 aliphatic rings. The van der Waals surface area contributed by atoms with Gasteiger partial charge in [0.25, 0.3) is 0 Å². The van der Waals surface area contributed by atoms with E-state index in [4.69, 9.17) is 15.9 Å². The Morgan fingerprint density at radius 1 is 1.11 bits per heavy atom. The number of aromatic nitrogens is 1. The molecule has 4 N–H and O–H groups in total. The van der Waals surface area contributed by atoms with Gasteiger partial charge >= 0.3 is 0 Å². The van der Waals surface area contributed by atoms with Crippen LogP contribution in [0.2, 0.25) is 0 Å². The van der Waals surface area contributed by atoms with Crippen LogP contribution in [0.5, 0.6) is 11.5 Å². The lowest BCUT2D eigenvalue weighted by molar-refractivity contribution is 0.0999. The number of benzene rings is 2. The number of nitrogens with one attached hydrogen (secondary N) is 2. The van der Waals surface area contributed by atoms with Crippen molar-refractivity contribution in [3.05, 3.63) is 71.4 Å². The van der Waals surface area contributed by atoms with Crippen LogP contribution in [0.25, 0.3) is 11.3 Å². The summed E-state index contributed by atoms with van der Waals surface area (Å²) < 4.78 is 5.99. The molecule has 0 aliphatic carbocycles. The second kappa shape index (κ2) is 7.92. The number of hydrogen-bond acceptors (Lipinski definition) is 5. The van der Waals surface area contributed by atoms with Gasteiger partial charge in [0.2, 0.25) is 5.91 Å². The second-order valence-electron chi connectivity index (χ2n) is 6.46. The predicted molar refractivity (Wildman–Crippen MR) is 114 cm³/mol. The van der Waals surface area contributed by atoms with Crippen molar-refractivity contribution >= 4 is 17.3 Å². The van der Waals surface area contributed by atoms with Crippen LogP contribution in [0.3, 0.4) is 0 Å². The van der Waals surface area contributed by atoms with E-state index >= 15 is 0 Å². The third-order valence-corrected chi connectivity index (χ3v) is 4.42. The minimum atomic E-state index is -0.446. The molecular formula is C22H24N4O2. The standard InChI is InChI=1S/C22H22N4O2.H2/c1-13-10-15(4-6-18(13)22(24)27)20-11-17(8-9-26-20)28-16-5-7-19(14(2)23)21(12-16)25-3;/h4-12,23,25H,1-3H3,(H2,24,27);1H. The summed E-state index contributed by atoms with van der Waals surface area (Å²) in [6.07, 6.45) is 1.68. The smallest absolute Gasteiger partial charge is 0.248 e. The maximum Gasteiger partial charge on any atom is 0.248 e. The highest BCUT2D eigenvalue weighted by molar-refractivity contribution is 6.01. The summed E-state index contributed by atoms with van der Waals surface area (Å²) in [6, 6.07) is 14.6. The highest BCUT2D eigenvalue weighted by Crippen LogP contribution is 2.29. The average Bonchev–Trinajstić information content (AvgIpc) is 2.67. The number of aryl methyl sites for hydroxylation is 1. The molecule has 0 bridgehead atoms. The van der Waals surface area contributed by atoms with Gasteiger partial charge in [-0.3, -0.25) is 9.78 Å². The molecule has 144 valence electrons. The number of primary amides is 1. The number of pyridine rings is 1. The number of carbonyl (C=O) groups is 1. The summed E-state index contributed by atoms with van der Waals surface area (Å²) in [5.41, 5.74) is 10.4. The fraction of sp³-hybridized carbons (Fsp3) is 0.136. The van der Waals surface area contributed by atoms with Crippen molar-refractivity contribution < 1.29 is 11.0 Å². The van der Waals surface area contributed by atoms with E-state index in [2.05, 4.69) is 10.3 Å². The Bertz CT molecular complexity index is 1070. The number of rotatable bonds is 6. The summed E-state index contributed by atoms with van der Waals surface area (Å²) >= 11 is 0. The Morgan fingerprint density at radius 2 is 1.82 bits per heavy atom. The van der Waals surface area contributed by atoms with E-state index < -0.39 is 5.91 Å². The van der Waals surface area contributed by atoms with Crippen LogP contribution in [0.4, 0.5) is 5.69 Å². The van der Waals surface area contributed by atoms with Gasteiger partial charge in [0.05, 0.1) is 5.69 Å².